The Hall–Kier alpha value is -2.13. The molecule has 0 spiro atoms. The van der Waals surface area contributed by atoms with Crippen LogP contribution in [0.15, 0.2) is 39.8 Å². The van der Waals surface area contributed by atoms with Crippen LogP contribution in [-0.4, -0.2) is 44.9 Å². The van der Waals surface area contributed by atoms with Crippen LogP contribution in [-0.2, 0) is 16.4 Å². The Labute approximate surface area is 154 Å². The second-order valence-corrected chi connectivity index (χ2v) is 8.16. The molecule has 132 valence electrons. The van der Waals surface area contributed by atoms with Crippen LogP contribution < -0.4 is 9.46 Å². The van der Waals surface area contributed by atoms with Crippen molar-refractivity contribution >= 4 is 37.5 Å². The summed E-state index contributed by atoms with van der Waals surface area (Å²) in [5.74, 6) is 0.0484. The zero-order valence-electron chi connectivity index (χ0n) is 13.6. The smallest absolute Gasteiger partial charge is 0.265 e. The van der Waals surface area contributed by atoms with E-state index in [-0.39, 0.29) is 22.2 Å². The molecular weight excluding hydrogens is 410 g/mol. The van der Waals surface area contributed by atoms with Crippen molar-refractivity contribution < 1.29 is 17.9 Å². The Morgan fingerprint density at radius 1 is 1.32 bits per heavy atom. The van der Waals surface area contributed by atoms with Gasteiger partial charge < -0.3 is 9.64 Å². The fraction of sp³-hybridized carbons (Fsp3) is 0.250. The summed E-state index contributed by atoms with van der Waals surface area (Å²) in [6, 6.07) is 6.21. The van der Waals surface area contributed by atoms with E-state index in [0.29, 0.717) is 28.7 Å². The van der Waals surface area contributed by atoms with E-state index in [1.54, 1.807) is 24.1 Å². The van der Waals surface area contributed by atoms with Crippen LogP contribution in [0.25, 0.3) is 0 Å². The minimum atomic E-state index is -3.91. The summed E-state index contributed by atoms with van der Waals surface area (Å²) in [6.45, 7) is 0.596. The number of anilines is 1. The minimum absolute atomic E-state index is 0.00876. The van der Waals surface area contributed by atoms with Crippen molar-refractivity contribution in [3.63, 3.8) is 0 Å². The number of ether oxygens (including phenoxy) is 1. The van der Waals surface area contributed by atoms with Crippen LogP contribution >= 0.6 is 15.9 Å². The van der Waals surface area contributed by atoms with Gasteiger partial charge in [0.05, 0.1) is 30.3 Å². The third-order valence-electron chi connectivity index (χ3n) is 3.90. The third kappa shape index (κ3) is 3.47. The summed E-state index contributed by atoms with van der Waals surface area (Å²) in [7, 11) is -0.803. The quantitative estimate of drug-likeness (QED) is 0.811. The van der Waals surface area contributed by atoms with Crippen molar-refractivity contribution in [3.05, 3.63) is 46.2 Å². The second-order valence-electron chi connectivity index (χ2n) is 5.60. The van der Waals surface area contributed by atoms with Crippen LogP contribution in [0.3, 0.4) is 0 Å². The molecule has 0 atom stereocenters. The first-order valence-electron chi connectivity index (χ1n) is 7.42. The first-order valence-corrected chi connectivity index (χ1v) is 9.70. The maximum atomic E-state index is 12.7. The molecule has 25 heavy (non-hydrogen) atoms. The Morgan fingerprint density at radius 3 is 2.80 bits per heavy atom. The van der Waals surface area contributed by atoms with Gasteiger partial charge in [-0.15, -0.1) is 0 Å². The normalized spacial score (nSPS) is 14.2. The summed E-state index contributed by atoms with van der Waals surface area (Å²) >= 11 is 3.26. The number of methoxy groups -OCH3 is 1. The molecule has 1 N–H and O–H groups in total. The van der Waals surface area contributed by atoms with E-state index >= 15 is 0 Å². The lowest BCUT2D eigenvalue weighted by Gasteiger charge is -2.24. The number of carbonyl (C=O) groups excluding carboxylic acids is 1. The lowest BCUT2D eigenvalue weighted by atomic mass is 10.1. The molecule has 9 heteroatoms. The van der Waals surface area contributed by atoms with Gasteiger partial charge in [-0.1, -0.05) is 15.9 Å². The standard InChI is InChI=1S/C16H16BrN3O4S/c1-20-6-5-13-12(16(20)21)8-11(9-18-13)19-25(22,23)15-7-10(17)3-4-14(15)24-2/h3-4,7-9,19H,5-6H2,1-2H3. The van der Waals surface area contributed by atoms with Gasteiger partial charge in [0, 0.05) is 24.5 Å². The Balaban J connectivity index is 1.97. The van der Waals surface area contributed by atoms with Crippen LogP contribution in [0.1, 0.15) is 16.1 Å². The summed E-state index contributed by atoms with van der Waals surface area (Å²) < 4.78 is 33.6. The number of rotatable bonds is 4. The lowest BCUT2D eigenvalue weighted by molar-refractivity contribution is 0.0779. The monoisotopic (exact) mass is 425 g/mol. The van der Waals surface area contributed by atoms with E-state index in [0.717, 1.165) is 0 Å². The van der Waals surface area contributed by atoms with E-state index in [1.807, 2.05) is 0 Å². The third-order valence-corrected chi connectivity index (χ3v) is 5.79. The van der Waals surface area contributed by atoms with E-state index < -0.39 is 10.0 Å². The molecule has 0 bridgehead atoms. The van der Waals surface area contributed by atoms with Crippen LogP contribution in [0.4, 0.5) is 5.69 Å². The number of amides is 1. The molecule has 1 amide bonds. The summed E-state index contributed by atoms with van der Waals surface area (Å²) in [5.41, 5.74) is 1.31. The van der Waals surface area contributed by atoms with Gasteiger partial charge in [0.15, 0.2) is 0 Å². The number of pyridine rings is 1. The molecule has 0 fully saturated rings. The molecule has 0 radical (unpaired) electrons. The number of nitrogens with one attached hydrogen (secondary N) is 1. The molecule has 0 aliphatic carbocycles. The van der Waals surface area contributed by atoms with Gasteiger partial charge in [-0.25, -0.2) is 8.42 Å². The van der Waals surface area contributed by atoms with Gasteiger partial charge in [-0.3, -0.25) is 14.5 Å². The van der Waals surface area contributed by atoms with Gasteiger partial charge in [0.25, 0.3) is 15.9 Å². The predicted molar refractivity (Wildman–Crippen MR) is 96.4 cm³/mol. The summed E-state index contributed by atoms with van der Waals surface area (Å²) in [6.07, 6.45) is 2.06. The molecule has 1 aliphatic heterocycles. The van der Waals surface area contributed by atoms with Gasteiger partial charge in [-0.05, 0) is 24.3 Å². The zero-order chi connectivity index (χ0) is 18.2. The first kappa shape index (κ1) is 17.7. The summed E-state index contributed by atoms with van der Waals surface area (Å²) in [5, 5.41) is 0. The molecule has 2 aromatic rings. The average Bonchev–Trinajstić information content (AvgIpc) is 2.58. The zero-order valence-corrected chi connectivity index (χ0v) is 16.0. The predicted octanol–water partition coefficient (Wildman–Crippen LogP) is 2.28. The molecule has 1 aromatic heterocycles. The number of nitrogens with zero attached hydrogens (tertiary/aromatic N) is 2. The van der Waals surface area contributed by atoms with Crippen molar-refractivity contribution in [2.75, 3.05) is 25.4 Å². The van der Waals surface area contributed by atoms with E-state index in [1.165, 1.54) is 25.4 Å². The molecule has 0 saturated heterocycles. The Kier molecular flexibility index (Phi) is 4.70. The number of benzene rings is 1. The maximum Gasteiger partial charge on any atom is 0.265 e. The van der Waals surface area contributed by atoms with E-state index in [2.05, 4.69) is 25.6 Å². The topological polar surface area (TPSA) is 88.6 Å². The molecular formula is C16H16BrN3O4S. The number of hydrogen-bond acceptors (Lipinski definition) is 5. The second kappa shape index (κ2) is 6.64. The van der Waals surface area contributed by atoms with Gasteiger partial charge >= 0.3 is 0 Å². The van der Waals surface area contributed by atoms with Crippen LogP contribution in [0.5, 0.6) is 5.75 Å². The highest BCUT2D eigenvalue weighted by Crippen LogP contribution is 2.29. The van der Waals surface area contributed by atoms with Gasteiger partial charge in [0.1, 0.15) is 10.6 Å². The molecule has 1 aromatic carbocycles. The maximum absolute atomic E-state index is 12.7. The van der Waals surface area contributed by atoms with Gasteiger partial charge in [0.2, 0.25) is 0 Å². The fourth-order valence-corrected chi connectivity index (χ4v) is 4.33. The van der Waals surface area contributed by atoms with Crippen molar-refractivity contribution in [1.82, 2.24) is 9.88 Å². The van der Waals surface area contributed by atoms with Crippen molar-refractivity contribution in [1.29, 1.82) is 0 Å². The molecule has 7 nitrogen and oxygen atoms in total. The minimum Gasteiger partial charge on any atom is -0.495 e. The van der Waals surface area contributed by atoms with Crippen molar-refractivity contribution in [3.8, 4) is 5.75 Å². The molecule has 0 saturated carbocycles. The van der Waals surface area contributed by atoms with Crippen molar-refractivity contribution in [2.24, 2.45) is 0 Å². The van der Waals surface area contributed by atoms with Crippen molar-refractivity contribution in [2.45, 2.75) is 11.3 Å². The SMILES string of the molecule is COc1ccc(Br)cc1S(=O)(=O)Nc1cnc2c(c1)C(=O)N(C)CC2. The Bertz CT molecular complexity index is 946. The van der Waals surface area contributed by atoms with Crippen LogP contribution in [0, 0.1) is 0 Å². The molecule has 2 heterocycles. The number of halogens is 1. The number of likely N-dealkylation sites (N-methyl/N-ethyl adjacent to an activating group) is 1. The highest BCUT2D eigenvalue weighted by atomic mass is 79.9. The lowest BCUT2D eigenvalue weighted by Crippen LogP contribution is -2.34. The molecule has 0 unspecified atom stereocenters. The molecule has 3 rings (SSSR count). The number of carbonyl (C=O) groups is 1. The number of fused-ring (bicyclic) bond motifs is 1. The van der Waals surface area contributed by atoms with E-state index in [4.69, 9.17) is 4.74 Å². The highest BCUT2D eigenvalue weighted by molar-refractivity contribution is 9.10. The number of sulfonamides is 1. The van der Waals surface area contributed by atoms with Crippen LogP contribution in [0.2, 0.25) is 0 Å². The summed E-state index contributed by atoms with van der Waals surface area (Å²) in [4.78, 5) is 18.0. The first-order chi connectivity index (χ1) is 11.8. The fourth-order valence-electron chi connectivity index (χ4n) is 2.58. The number of aromatic nitrogens is 1. The Morgan fingerprint density at radius 2 is 2.08 bits per heavy atom. The average molecular weight is 426 g/mol. The van der Waals surface area contributed by atoms with E-state index in [9.17, 15) is 13.2 Å². The molecule has 1 aliphatic rings. The largest absolute Gasteiger partial charge is 0.495 e. The number of hydrogen-bond donors (Lipinski definition) is 1. The van der Waals surface area contributed by atoms with Gasteiger partial charge in [-0.2, -0.15) is 0 Å². The highest BCUT2D eigenvalue weighted by Gasteiger charge is 2.25.